The van der Waals surface area contributed by atoms with Crippen LogP contribution in [0.1, 0.15) is 0 Å². The summed E-state index contributed by atoms with van der Waals surface area (Å²) in [4.78, 5) is 8.74. The molecule has 5 heterocycles. The quantitative estimate of drug-likeness (QED) is 0.202. The number of para-hydroxylation sites is 2. The van der Waals surface area contributed by atoms with Crippen LogP contribution in [0.4, 0.5) is 0 Å². The summed E-state index contributed by atoms with van der Waals surface area (Å²) in [7, 11) is 0. The molecule has 5 aromatic heterocycles. The van der Waals surface area contributed by atoms with E-state index in [1.54, 1.807) is 11.3 Å². The monoisotopic (exact) mass is 642 g/mol. The van der Waals surface area contributed by atoms with Gasteiger partial charge in [-0.3, -0.25) is 0 Å². The Bertz CT molecular complexity index is 2700. The van der Waals surface area contributed by atoms with Gasteiger partial charge < -0.3 is 13.8 Å². The van der Waals surface area contributed by atoms with Gasteiger partial charge in [0.25, 0.3) is 0 Å². The van der Waals surface area contributed by atoms with Crippen LogP contribution in [0.15, 0.2) is 137 Å². The topological polar surface area (TPSA) is 80.7 Å². The summed E-state index contributed by atoms with van der Waals surface area (Å²) in [6.07, 6.45) is 3.78. The third kappa shape index (κ3) is 4.12. The molecule has 0 unspecified atom stereocenters. The van der Waals surface area contributed by atoms with E-state index in [1.807, 2.05) is 54.9 Å². The van der Waals surface area contributed by atoms with E-state index in [1.165, 1.54) is 11.5 Å². The highest BCUT2D eigenvalue weighted by Gasteiger charge is 2.30. The van der Waals surface area contributed by atoms with Gasteiger partial charge in [-0.25, -0.2) is 4.98 Å². The number of aromatic amines is 1. The average Bonchev–Trinajstić information content (AvgIpc) is 3.96. The smallest absolute Gasteiger partial charge is 0.142 e. The molecule has 222 valence electrons. The van der Waals surface area contributed by atoms with E-state index >= 15 is 0 Å². The average molecular weight is 643 g/mol. The van der Waals surface area contributed by atoms with Gasteiger partial charge in [-0.1, -0.05) is 71.2 Å². The van der Waals surface area contributed by atoms with E-state index in [0.717, 1.165) is 97.8 Å². The first-order chi connectivity index (χ1) is 23.3. The first-order valence-corrected chi connectivity index (χ1v) is 16.8. The summed E-state index contributed by atoms with van der Waals surface area (Å²) in [5, 5.41) is 8.65. The van der Waals surface area contributed by atoms with Gasteiger partial charge in [0.2, 0.25) is 0 Å². The van der Waals surface area contributed by atoms with Gasteiger partial charge in [0.05, 0.1) is 21.2 Å². The fourth-order valence-electron chi connectivity index (χ4n) is 6.61. The summed E-state index contributed by atoms with van der Waals surface area (Å²) in [5.74, 6) is 1.50. The summed E-state index contributed by atoms with van der Waals surface area (Å²) in [5.41, 5.74) is 9.29. The van der Waals surface area contributed by atoms with Gasteiger partial charge in [-0.05, 0) is 60.1 Å². The van der Waals surface area contributed by atoms with Crippen molar-refractivity contribution in [3.05, 3.63) is 128 Å². The molecule has 0 radical (unpaired) electrons. The Morgan fingerprint density at radius 3 is 2.40 bits per heavy atom. The standard InChI is InChI=1S/C39H22N4O2S2/c1-3-11-24-23(10-1)21-44-38(24)27-20-26(28-14-8-18-40-28)36(39-41-29-13-4-6-16-32(29)46-39)35(25-12-7-17-33-37(25)42-43-47-33)34(27)31-19-22-9-2-5-15-30(22)45-31/h1-21,40H. The number of nitrogens with zero attached hydrogens (tertiary/aromatic N) is 3. The number of furan rings is 2. The molecule has 6 nitrogen and oxygen atoms in total. The number of aromatic nitrogens is 4. The van der Waals surface area contributed by atoms with Crippen LogP contribution in [-0.4, -0.2) is 19.6 Å². The van der Waals surface area contributed by atoms with Crippen molar-refractivity contribution in [3.63, 3.8) is 0 Å². The molecule has 0 spiro atoms. The van der Waals surface area contributed by atoms with E-state index in [0.29, 0.717) is 0 Å². The van der Waals surface area contributed by atoms with Crippen LogP contribution < -0.4 is 0 Å². The van der Waals surface area contributed by atoms with Crippen LogP contribution >= 0.6 is 22.9 Å². The van der Waals surface area contributed by atoms with Crippen LogP contribution in [0.3, 0.4) is 0 Å². The molecule has 0 aliphatic rings. The number of nitrogens with one attached hydrogen (secondary N) is 1. The molecule has 10 aromatic rings. The van der Waals surface area contributed by atoms with Crippen molar-refractivity contribution in [2.45, 2.75) is 0 Å². The van der Waals surface area contributed by atoms with Crippen molar-refractivity contribution in [1.29, 1.82) is 0 Å². The second-order valence-corrected chi connectivity index (χ2v) is 13.2. The normalized spacial score (nSPS) is 11.8. The minimum Gasteiger partial charge on any atom is -0.463 e. The molecule has 10 rings (SSSR count). The highest BCUT2D eigenvalue weighted by atomic mass is 32.1. The minimum atomic E-state index is 0.734. The SMILES string of the molecule is c1c[nH]c(-c2cc(-c3occ4ccccc34)c(-c3cc4ccccc4o3)c(-c3cccc4snnc34)c2-c2nc3ccccc3s2)c1. The number of benzene rings is 5. The van der Waals surface area contributed by atoms with Gasteiger partial charge in [0.1, 0.15) is 27.6 Å². The molecule has 0 fully saturated rings. The third-order valence-corrected chi connectivity index (χ3v) is 10.4. The molecule has 8 heteroatoms. The molecule has 47 heavy (non-hydrogen) atoms. The fourth-order valence-corrected chi connectivity index (χ4v) is 8.23. The van der Waals surface area contributed by atoms with Gasteiger partial charge in [0.15, 0.2) is 0 Å². The molecule has 0 aliphatic carbocycles. The van der Waals surface area contributed by atoms with Gasteiger partial charge in [-0.15, -0.1) is 16.4 Å². The van der Waals surface area contributed by atoms with Crippen molar-refractivity contribution in [2.24, 2.45) is 0 Å². The Balaban J connectivity index is 1.45. The number of fused-ring (bicyclic) bond motifs is 4. The number of H-pyrrole nitrogens is 1. The van der Waals surface area contributed by atoms with Crippen molar-refractivity contribution in [3.8, 4) is 55.6 Å². The minimum absolute atomic E-state index is 0.734. The van der Waals surface area contributed by atoms with Crippen molar-refractivity contribution < 1.29 is 8.83 Å². The molecule has 0 aliphatic heterocycles. The second kappa shape index (κ2) is 10.3. The zero-order valence-corrected chi connectivity index (χ0v) is 26.2. The molecule has 0 atom stereocenters. The predicted molar refractivity (Wildman–Crippen MR) is 192 cm³/mol. The Morgan fingerprint density at radius 1 is 0.660 bits per heavy atom. The van der Waals surface area contributed by atoms with E-state index in [4.69, 9.17) is 13.8 Å². The van der Waals surface area contributed by atoms with Crippen molar-refractivity contribution in [2.75, 3.05) is 0 Å². The highest BCUT2D eigenvalue weighted by molar-refractivity contribution is 7.21. The Hall–Kier alpha value is -5.83. The number of hydrogen-bond donors (Lipinski definition) is 1. The van der Waals surface area contributed by atoms with Crippen LogP contribution in [0.25, 0.3) is 97.8 Å². The molecule has 0 bridgehead atoms. The maximum atomic E-state index is 6.74. The van der Waals surface area contributed by atoms with Crippen molar-refractivity contribution >= 4 is 65.0 Å². The summed E-state index contributed by atoms with van der Waals surface area (Å²) < 4.78 is 19.7. The zero-order valence-electron chi connectivity index (χ0n) is 24.6. The molecular formula is C39H22N4O2S2. The van der Waals surface area contributed by atoms with Crippen molar-refractivity contribution in [1.82, 2.24) is 19.6 Å². The molecular weight excluding hydrogens is 621 g/mol. The van der Waals surface area contributed by atoms with E-state index in [9.17, 15) is 0 Å². The van der Waals surface area contributed by atoms with Crippen LogP contribution in [-0.2, 0) is 0 Å². The Morgan fingerprint density at radius 2 is 1.51 bits per heavy atom. The third-order valence-electron chi connectivity index (χ3n) is 8.70. The lowest BCUT2D eigenvalue weighted by Gasteiger charge is -2.20. The first kappa shape index (κ1) is 26.4. The van der Waals surface area contributed by atoms with Gasteiger partial charge in [-0.2, -0.15) is 0 Å². The summed E-state index contributed by atoms with van der Waals surface area (Å²) in [6.45, 7) is 0. The lowest BCUT2D eigenvalue weighted by atomic mass is 9.84. The fraction of sp³-hybridized carbons (Fsp3) is 0. The lowest BCUT2D eigenvalue weighted by Crippen LogP contribution is -1.98. The maximum absolute atomic E-state index is 6.74. The summed E-state index contributed by atoms with van der Waals surface area (Å²) >= 11 is 3.07. The Kier molecular flexibility index (Phi) is 5.81. The van der Waals surface area contributed by atoms with Crippen LogP contribution in [0.5, 0.6) is 0 Å². The first-order valence-electron chi connectivity index (χ1n) is 15.2. The van der Waals surface area contributed by atoms with Crippen LogP contribution in [0.2, 0.25) is 0 Å². The van der Waals surface area contributed by atoms with E-state index in [-0.39, 0.29) is 0 Å². The molecule has 0 saturated heterocycles. The lowest BCUT2D eigenvalue weighted by molar-refractivity contribution is 0.586. The van der Waals surface area contributed by atoms with Gasteiger partial charge in [0, 0.05) is 61.4 Å². The second-order valence-electron chi connectivity index (χ2n) is 11.4. The molecule has 5 aromatic carbocycles. The largest absolute Gasteiger partial charge is 0.463 e. The molecule has 0 amide bonds. The number of rotatable bonds is 5. The van der Waals surface area contributed by atoms with E-state index in [2.05, 4.69) is 87.4 Å². The van der Waals surface area contributed by atoms with Crippen LogP contribution in [0, 0.1) is 0 Å². The summed E-state index contributed by atoms with van der Waals surface area (Å²) in [6, 6.07) is 39.4. The molecule has 1 N–H and O–H groups in total. The van der Waals surface area contributed by atoms with E-state index < -0.39 is 0 Å². The number of thiazole rings is 1. The highest BCUT2D eigenvalue weighted by Crippen LogP contribution is 2.53. The maximum Gasteiger partial charge on any atom is 0.142 e. The molecule has 0 saturated carbocycles. The Labute approximate surface area is 275 Å². The van der Waals surface area contributed by atoms with Gasteiger partial charge >= 0.3 is 0 Å². The number of hydrogen-bond acceptors (Lipinski definition) is 7. The predicted octanol–water partition coefficient (Wildman–Crippen LogP) is 11.5. The zero-order chi connectivity index (χ0) is 30.9.